The molecule has 0 aromatic heterocycles. The topological polar surface area (TPSA) is 355 Å². The van der Waals surface area contributed by atoms with Crippen LogP contribution in [0, 0.1) is 0 Å². The van der Waals surface area contributed by atoms with Crippen molar-refractivity contribution in [2.75, 3.05) is 26.2 Å². The molecule has 0 saturated carbocycles. The molecule has 117 heavy (non-hydrogen) atoms. The van der Waals surface area contributed by atoms with Crippen LogP contribution in [0.2, 0.25) is 0 Å². The number of hydrogen-bond donors (Lipinski definition) is 12. The van der Waals surface area contributed by atoms with E-state index in [1.54, 1.807) is 59.9 Å². The Balaban J connectivity index is 0.000000413. The van der Waals surface area contributed by atoms with E-state index in [9.17, 15) is 64.3 Å². The number of thioether (sulfide) groups is 2. The number of hydrogen-bond acceptors (Lipinski definition) is 20. The summed E-state index contributed by atoms with van der Waals surface area (Å²) < 4.78 is 114. The molecular formula is C88H133CrN8O14S6+. The van der Waals surface area contributed by atoms with Gasteiger partial charge >= 0.3 is 1.43 Å². The molecule has 0 aliphatic carbocycles. The fourth-order valence-electron chi connectivity index (χ4n) is 14.5. The molecule has 0 bridgehead atoms. The molecule has 0 spiro atoms. The van der Waals surface area contributed by atoms with Gasteiger partial charge < -0.3 is 30.6 Å². The first kappa shape index (κ1) is 100. The van der Waals surface area contributed by atoms with Gasteiger partial charge in [0.15, 0.2) is 0 Å². The van der Waals surface area contributed by atoms with E-state index >= 15 is 0 Å². The van der Waals surface area contributed by atoms with Crippen molar-refractivity contribution < 1.29 is 83.1 Å². The molecule has 6 aromatic carbocycles. The molecular weight excluding hydrogens is 1640 g/mol. The summed E-state index contributed by atoms with van der Waals surface area (Å²) in [5.41, 5.74) is 2.03. The third-order valence-corrected chi connectivity index (χ3v) is 30.5. The first-order chi connectivity index (χ1) is 55.5. The van der Waals surface area contributed by atoms with Crippen LogP contribution in [0.5, 0.6) is 34.5 Å². The predicted molar refractivity (Wildman–Crippen MR) is 476 cm³/mol. The Kier molecular flexibility index (Phi) is 43.8. The summed E-state index contributed by atoms with van der Waals surface area (Å²) in [6.07, 6.45) is 47.2. The molecule has 4 unspecified atom stereocenters. The zero-order valence-corrected chi connectivity index (χ0v) is 75.8. The van der Waals surface area contributed by atoms with E-state index < -0.39 is 40.1 Å². The second kappa shape index (κ2) is 51.2. The number of sulfonamides is 4. The van der Waals surface area contributed by atoms with Crippen molar-refractivity contribution in [2.24, 2.45) is 9.98 Å². The maximum Gasteiger partial charge on any atom is 1.00 e. The van der Waals surface area contributed by atoms with Gasteiger partial charge in [-0.05, 0) is 125 Å². The Labute approximate surface area is 720 Å². The second-order valence-electron chi connectivity index (χ2n) is 31.8. The van der Waals surface area contributed by atoms with Crippen molar-refractivity contribution in [1.82, 2.24) is 29.5 Å². The standard InChI is InChI=1S/2C44H66N4O7S3.Cr/c2*1-4-5-6-7-8-9-10-11-12-13-14-15-16-17-18-19-24-42-44(2,3)56-43(48-42)37-31-35(26-28-40(37)50)57(52,53)46-29-30-47-58(54,55)36-25-27-38(41(51)32-36)45-33-34-22-20-21-23-39(34)49;/h2*20-23,25-28,31-33,42-43,46-51H,4-19,24,29-30H2,1-3H3;/p+1. The minimum atomic E-state index is -4.10. The van der Waals surface area contributed by atoms with Crippen molar-refractivity contribution in [2.45, 2.75) is 312 Å². The van der Waals surface area contributed by atoms with Gasteiger partial charge in [-0.25, -0.2) is 52.6 Å². The number of phenolic OH excluding ortho intramolecular Hbond substituents is 6. The molecule has 2 aliphatic heterocycles. The number of unbranched alkanes of at least 4 members (excludes halogenated alkanes) is 30. The average molecular weight is 1770 g/mol. The predicted octanol–water partition coefficient (Wildman–Crippen LogP) is 20.0. The molecule has 0 amide bonds. The Bertz CT molecular complexity index is 4240. The summed E-state index contributed by atoms with van der Waals surface area (Å²) in [4.78, 5) is 7.74. The first-order valence-corrected chi connectivity index (χ1v) is 50.0. The molecule has 2 aliphatic rings. The molecule has 2 saturated heterocycles. The van der Waals surface area contributed by atoms with Crippen LogP contribution in [0.4, 0.5) is 11.4 Å². The minimum absolute atomic E-state index is 0. The molecule has 2 heterocycles. The van der Waals surface area contributed by atoms with Crippen LogP contribution in [0.15, 0.2) is 151 Å². The van der Waals surface area contributed by atoms with Gasteiger partial charge in [0, 0.05) is 112 Å². The number of benzene rings is 6. The molecule has 6 aromatic rings. The quantitative estimate of drug-likeness (QED) is 0.0125. The van der Waals surface area contributed by atoms with Gasteiger partial charge in [0.1, 0.15) is 45.9 Å². The van der Waals surface area contributed by atoms with Gasteiger partial charge in [-0.1, -0.05) is 244 Å². The summed E-state index contributed by atoms with van der Waals surface area (Å²) in [5.74, 6) is -0.740. The summed E-state index contributed by atoms with van der Waals surface area (Å²) in [5, 5.41) is 69.0. The van der Waals surface area contributed by atoms with Gasteiger partial charge in [0.25, 0.3) is 0 Å². The van der Waals surface area contributed by atoms with Crippen molar-refractivity contribution in [1.29, 1.82) is 0 Å². The third-order valence-electron chi connectivity index (χ3n) is 21.6. The van der Waals surface area contributed by atoms with E-state index in [4.69, 9.17) is 0 Å². The summed E-state index contributed by atoms with van der Waals surface area (Å²) in [6.45, 7) is 12.3. The average Bonchev–Trinajstić information content (AvgIpc) is 1.64. The van der Waals surface area contributed by atoms with Crippen LogP contribution >= 0.6 is 23.5 Å². The number of nitrogens with one attached hydrogen (secondary N) is 6. The van der Waals surface area contributed by atoms with Crippen LogP contribution in [0.1, 0.15) is 294 Å². The van der Waals surface area contributed by atoms with E-state index in [0.29, 0.717) is 22.3 Å². The number of aromatic hydroxyl groups is 6. The van der Waals surface area contributed by atoms with E-state index in [1.807, 2.05) is 0 Å². The molecule has 0 radical (unpaired) electrons. The monoisotopic (exact) mass is 1770 g/mol. The van der Waals surface area contributed by atoms with Crippen LogP contribution in [-0.4, -0.2) is 124 Å². The van der Waals surface area contributed by atoms with Crippen LogP contribution < -0.4 is 29.5 Å². The number of rotatable bonds is 54. The van der Waals surface area contributed by atoms with Crippen molar-refractivity contribution in [3.05, 3.63) is 144 Å². The Morgan fingerprint density at radius 2 is 0.607 bits per heavy atom. The molecule has 2 fully saturated rings. The molecule has 29 heteroatoms. The normalized spacial score (nSPS) is 16.9. The molecule has 22 nitrogen and oxygen atoms in total. The van der Waals surface area contributed by atoms with Crippen LogP contribution in [-0.2, 0) is 57.5 Å². The van der Waals surface area contributed by atoms with Gasteiger partial charge in [-0.3, -0.25) is 20.6 Å². The fourth-order valence-corrected chi connectivity index (χ4v) is 21.7. The largest absolute Gasteiger partial charge is 1.00 e. The smallest absolute Gasteiger partial charge is 0.508 e. The second-order valence-corrected chi connectivity index (χ2v) is 42.4. The first-order valence-electron chi connectivity index (χ1n) is 42.3. The molecule has 12 N–H and O–H groups in total. The molecule has 8 rings (SSSR count). The van der Waals surface area contributed by atoms with E-state index in [1.165, 1.54) is 278 Å². The van der Waals surface area contributed by atoms with E-state index in [0.717, 1.165) is 37.8 Å². The van der Waals surface area contributed by atoms with Gasteiger partial charge in [-0.2, -0.15) is 0 Å². The van der Waals surface area contributed by atoms with Gasteiger partial charge in [-0.15, -0.1) is 23.5 Å². The van der Waals surface area contributed by atoms with E-state index in [-0.39, 0.29) is 143 Å². The zero-order chi connectivity index (χ0) is 84.0. The summed E-state index contributed by atoms with van der Waals surface area (Å²) in [6, 6.07) is 29.1. The molecule has 650 valence electrons. The summed E-state index contributed by atoms with van der Waals surface area (Å²) in [7, 11) is -16.3. The maximum atomic E-state index is 13.3. The number of nitrogens with zero attached hydrogens (tertiary/aromatic N) is 2. The number of phenols is 6. The number of aliphatic imine (C=N–C) groups is 2. The van der Waals surface area contributed by atoms with Crippen molar-refractivity contribution >= 4 is 87.4 Å². The molecule has 4 atom stereocenters. The Morgan fingerprint density at radius 1 is 0.350 bits per heavy atom. The maximum absolute atomic E-state index is 13.3. The Morgan fingerprint density at radius 3 is 0.880 bits per heavy atom. The number of para-hydroxylation sites is 2. The zero-order valence-electron chi connectivity index (χ0n) is 70.6. The Hall–Kier alpha value is -5.75. The van der Waals surface area contributed by atoms with Gasteiger partial charge in [0.05, 0.1) is 30.3 Å². The fraction of sp³-hybridized carbons (Fsp3) is 0.568. The van der Waals surface area contributed by atoms with Gasteiger partial charge in [0.2, 0.25) is 40.1 Å². The van der Waals surface area contributed by atoms with Crippen molar-refractivity contribution in [3.63, 3.8) is 0 Å². The minimum Gasteiger partial charge on any atom is -0.508 e. The van der Waals surface area contributed by atoms with Crippen molar-refractivity contribution in [3.8, 4) is 34.5 Å². The van der Waals surface area contributed by atoms with E-state index in [2.05, 4.69) is 81.0 Å². The summed E-state index contributed by atoms with van der Waals surface area (Å²) >= 11 is 3.36. The van der Waals surface area contributed by atoms with Crippen LogP contribution in [0.25, 0.3) is 0 Å². The van der Waals surface area contributed by atoms with Crippen LogP contribution in [0.3, 0.4) is 0 Å². The SMILES string of the molecule is CCCCCCCCCCCCCCCCCCC1NC(c2cc(S(=O)(=O)NCCNS(=O)(=O)c3ccc(N=Cc4ccccc4O)c(O)c3)ccc2O)SC1(C)C.CCCCCCCCCCCCCCCCCCC1NC(c2cc(S(=O)(=O)NCCNS(=O)(=O)c3ccc(N=Cc4ccccc4O)c(O)c3)ccc2O)SC1(C)C.[Cr].[H+]. The third kappa shape index (κ3) is 34.2.